The van der Waals surface area contributed by atoms with Crippen LogP contribution in [0.3, 0.4) is 0 Å². The lowest BCUT2D eigenvalue weighted by Gasteiger charge is -2.31. The van der Waals surface area contributed by atoms with Crippen molar-refractivity contribution in [2.45, 2.75) is 37.9 Å². The third-order valence-corrected chi connectivity index (χ3v) is 9.60. The van der Waals surface area contributed by atoms with Gasteiger partial charge in [0.05, 0.1) is 35.3 Å². The fourth-order valence-corrected chi connectivity index (χ4v) is 7.60. The third kappa shape index (κ3) is 4.43. The molecular formula is C35H31F3N4O3. The Morgan fingerprint density at radius 1 is 1.11 bits per heavy atom. The Labute approximate surface area is 257 Å². The second-order valence-electron chi connectivity index (χ2n) is 12.3. The Morgan fingerprint density at radius 2 is 1.96 bits per heavy atom. The van der Waals surface area contributed by atoms with Gasteiger partial charge in [0.15, 0.2) is 5.82 Å². The van der Waals surface area contributed by atoms with Crippen LogP contribution in [0.4, 0.5) is 19.0 Å². The van der Waals surface area contributed by atoms with Crippen LogP contribution in [0.15, 0.2) is 40.8 Å². The molecule has 0 aliphatic carbocycles. The minimum atomic E-state index is -0.911. The van der Waals surface area contributed by atoms with E-state index in [2.05, 4.69) is 15.8 Å². The van der Waals surface area contributed by atoms with E-state index in [1.165, 1.54) is 6.07 Å². The number of fused-ring (bicyclic) bond motifs is 5. The SMILES string of the molecule is C#Cc1c(F)ccc2cccc(-c3c(F)c4nc(OC[C@@]56CCCN5C[C@H](F)C6)nc(N5CCOCC5)c4c4cc(C)oc34)c12. The minimum absolute atomic E-state index is 0.0187. The molecule has 3 aromatic carbocycles. The van der Waals surface area contributed by atoms with Gasteiger partial charge in [-0.3, -0.25) is 4.90 Å². The molecule has 0 amide bonds. The summed E-state index contributed by atoms with van der Waals surface area (Å²) in [5, 5.41) is 2.20. The van der Waals surface area contributed by atoms with Crippen LogP contribution < -0.4 is 9.64 Å². The van der Waals surface area contributed by atoms with Crippen LogP contribution in [0.25, 0.3) is 43.8 Å². The number of hydrogen-bond acceptors (Lipinski definition) is 7. The summed E-state index contributed by atoms with van der Waals surface area (Å²) < 4.78 is 64.8. The van der Waals surface area contributed by atoms with Crippen molar-refractivity contribution in [3.63, 3.8) is 0 Å². The molecule has 2 aromatic heterocycles. The monoisotopic (exact) mass is 612 g/mol. The van der Waals surface area contributed by atoms with E-state index >= 15 is 4.39 Å². The molecule has 0 saturated carbocycles. The van der Waals surface area contributed by atoms with Crippen molar-refractivity contribution in [3.05, 3.63) is 59.4 Å². The van der Waals surface area contributed by atoms with Gasteiger partial charge < -0.3 is 18.8 Å². The van der Waals surface area contributed by atoms with Gasteiger partial charge in [0.2, 0.25) is 0 Å². The number of terminal acetylenes is 1. The molecule has 7 nitrogen and oxygen atoms in total. The topological polar surface area (TPSA) is 63.9 Å². The lowest BCUT2D eigenvalue weighted by atomic mass is 9.92. The summed E-state index contributed by atoms with van der Waals surface area (Å²) in [5.74, 6) is 2.32. The molecular weight excluding hydrogens is 581 g/mol. The van der Waals surface area contributed by atoms with Crippen molar-refractivity contribution in [2.24, 2.45) is 0 Å². The molecule has 5 heterocycles. The minimum Gasteiger partial charge on any atom is -0.461 e. The Kier molecular flexibility index (Phi) is 6.66. The van der Waals surface area contributed by atoms with Crippen LogP contribution in [0.5, 0.6) is 6.01 Å². The second-order valence-corrected chi connectivity index (χ2v) is 12.3. The molecule has 3 aliphatic heterocycles. The molecule has 0 N–H and O–H groups in total. The molecule has 8 rings (SSSR count). The maximum Gasteiger partial charge on any atom is 0.319 e. The predicted octanol–water partition coefficient (Wildman–Crippen LogP) is 6.56. The zero-order valence-electron chi connectivity index (χ0n) is 24.8. The van der Waals surface area contributed by atoms with Crippen LogP contribution in [0, 0.1) is 30.9 Å². The number of ether oxygens (including phenoxy) is 2. The lowest BCUT2D eigenvalue weighted by molar-refractivity contribution is 0.107. The van der Waals surface area contributed by atoms with Crippen LogP contribution in [-0.4, -0.2) is 72.6 Å². The van der Waals surface area contributed by atoms with Gasteiger partial charge in [0.25, 0.3) is 0 Å². The molecule has 0 unspecified atom stereocenters. The van der Waals surface area contributed by atoms with Crippen LogP contribution in [0.2, 0.25) is 0 Å². The first kappa shape index (κ1) is 28.2. The van der Waals surface area contributed by atoms with Gasteiger partial charge in [-0.2, -0.15) is 9.97 Å². The normalized spacial score (nSPS) is 22.0. The maximum atomic E-state index is 17.2. The molecule has 3 saturated heterocycles. The summed E-state index contributed by atoms with van der Waals surface area (Å²) in [6.45, 7) is 5.28. The average molecular weight is 613 g/mol. The standard InChI is InChI=1S/C35H31F3N4O3/c1-3-23-26(37)9-8-21-6-4-7-24(27(21)23)28-30(38)31-29(25-16-20(2)45-32(25)28)33(41-12-14-43-15-13-41)40-34(39-31)44-19-35-10-5-11-42(35)18-22(36)17-35/h1,4,6-9,16,22H,5,10-15,17-19H2,2H3/t22-,35+/m1/s1. The van der Waals surface area contributed by atoms with E-state index in [9.17, 15) is 8.78 Å². The highest BCUT2D eigenvalue weighted by Crippen LogP contribution is 2.46. The van der Waals surface area contributed by atoms with Crippen molar-refractivity contribution < 1.29 is 27.1 Å². The number of aromatic nitrogens is 2. The highest BCUT2D eigenvalue weighted by atomic mass is 19.1. The summed E-state index contributed by atoms with van der Waals surface area (Å²) in [7, 11) is 0. The Hall–Kier alpha value is -4.33. The van der Waals surface area contributed by atoms with Crippen molar-refractivity contribution in [1.29, 1.82) is 0 Å². The smallest absolute Gasteiger partial charge is 0.319 e. The van der Waals surface area contributed by atoms with E-state index in [1.807, 2.05) is 17.0 Å². The summed E-state index contributed by atoms with van der Waals surface area (Å²) in [6, 6.07) is 10.1. The number of aryl methyl sites for hydroxylation is 1. The van der Waals surface area contributed by atoms with E-state index < -0.39 is 23.3 Å². The quantitative estimate of drug-likeness (QED) is 0.209. The largest absolute Gasteiger partial charge is 0.461 e. The van der Waals surface area contributed by atoms with E-state index in [1.54, 1.807) is 25.1 Å². The summed E-state index contributed by atoms with van der Waals surface area (Å²) in [6.07, 6.45) is 7.04. The molecule has 0 bridgehead atoms. The van der Waals surface area contributed by atoms with Crippen molar-refractivity contribution in [1.82, 2.24) is 14.9 Å². The first-order chi connectivity index (χ1) is 21.9. The van der Waals surface area contributed by atoms with Gasteiger partial charge in [0, 0.05) is 36.8 Å². The summed E-state index contributed by atoms with van der Waals surface area (Å²) in [4.78, 5) is 13.7. The zero-order chi connectivity index (χ0) is 30.9. The first-order valence-corrected chi connectivity index (χ1v) is 15.3. The van der Waals surface area contributed by atoms with E-state index in [-0.39, 0.29) is 29.3 Å². The van der Waals surface area contributed by atoms with Gasteiger partial charge in [-0.05, 0) is 49.4 Å². The highest BCUT2D eigenvalue weighted by molar-refractivity contribution is 6.17. The molecule has 2 atom stereocenters. The molecule has 0 radical (unpaired) electrons. The molecule has 0 spiro atoms. The number of hydrogen-bond donors (Lipinski definition) is 0. The highest BCUT2D eigenvalue weighted by Gasteiger charge is 2.49. The van der Waals surface area contributed by atoms with Gasteiger partial charge in [0.1, 0.15) is 41.3 Å². The number of nitrogens with zero attached hydrogens (tertiary/aromatic N) is 4. The number of morpholine rings is 1. The molecule has 3 aliphatic rings. The number of furan rings is 1. The van der Waals surface area contributed by atoms with E-state index in [4.69, 9.17) is 25.3 Å². The van der Waals surface area contributed by atoms with Crippen molar-refractivity contribution >= 4 is 38.5 Å². The number of rotatable bonds is 5. The zero-order valence-corrected chi connectivity index (χ0v) is 24.8. The Balaban J connectivity index is 1.37. The predicted molar refractivity (Wildman–Crippen MR) is 166 cm³/mol. The number of benzene rings is 3. The molecule has 230 valence electrons. The van der Waals surface area contributed by atoms with E-state index in [0.717, 1.165) is 19.4 Å². The number of alkyl halides is 1. The Bertz CT molecular complexity index is 2030. The van der Waals surface area contributed by atoms with Crippen molar-refractivity contribution in [2.75, 3.05) is 50.9 Å². The van der Waals surface area contributed by atoms with Gasteiger partial charge in [-0.15, -0.1) is 6.42 Å². The number of halogens is 3. The summed E-state index contributed by atoms with van der Waals surface area (Å²) in [5.41, 5.74) is 0.495. The Morgan fingerprint density at radius 3 is 2.78 bits per heavy atom. The van der Waals surface area contributed by atoms with Crippen LogP contribution >= 0.6 is 0 Å². The summed E-state index contributed by atoms with van der Waals surface area (Å²) >= 11 is 0. The third-order valence-electron chi connectivity index (χ3n) is 9.60. The van der Waals surface area contributed by atoms with Gasteiger partial charge in [-0.25, -0.2) is 13.2 Å². The van der Waals surface area contributed by atoms with Gasteiger partial charge in [-0.1, -0.05) is 30.2 Å². The molecule has 45 heavy (non-hydrogen) atoms. The first-order valence-electron chi connectivity index (χ1n) is 15.3. The van der Waals surface area contributed by atoms with Crippen LogP contribution in [-0.2, 0) is 4.74 Å². The number of anilines is 1. The molecule has 3 fully saturated rings. The van der Waals surface area contributed by atoms with E-state index in [0.29, 0.717) is 83.5 Å². The molecule has 10 heteroatoms. The fraction of sp³-hybridized carbons (Fsp3) is 0.371. The molecule has 5 aromatic rings. The average Bonchev–Trinajstić information content (AvgIpc) is 3.71. The second kappa shape index (κ2) is 10.6. The van der Waals surface area contributed by atoms with Gasteiger partial charge >= 0.3 is 6.01 Å². The lowest BCUT2D eigenvalue weighted by Crippen LogP contribution is -2.43. The van der Waals surface area contributed by atoms with Crippen molar-refractivity contribution in [3.8, 4) is 29.5 Å². The fourth-order valence-electron chi connectivity index (χ4n) is 7.60. The maximum absolute atomic E-state index is 17.2. The van der Waals surface area contributed by atoms with Crippen LogP contribution in [0.1, 0.15) is 30.6 Å².